The Morgan fingerprint density at radius 1 is 1.14 bits per heavy atom. The largest absolute Gasteiger partial charge is 0.485 e. The number of anilines is 1. The van der Waals surface area contributed by atoms with Gasteiger partial charge in [0.25, 0.3) is 5.91 Å². The molecule has 0 bridgehead atoms. The van der Waals surface area contributed by atoms with Gasteiger partial charge in [0, 0.05) is 5.02 Å². The second-order valence-corrected chi connectivity index (χ2v) is 10.1. The molecule has 0 saturated carbocycles. The van der Waals surface area contributed by atoms with E-state index >= 15 is 0 Å². The van der Waals surface area contributed by atoms with Gasteiger partial charge in [-0.25, -0.2) is 9.59 Å². The van der Waals surface area contributed by atoms with Crippen LogP contribution in [-0.4, -0.2) is 31.6 Å². The second-order valence-electron chi connectivity index (χ2n) is 8.69. The summed E-state index contributed by atoms with van der Waals surface area (Å²) < 4.78 is 21.7. The Bertz CT molecular complexity index is 1310. The number of amides is 1. The molecule has 0 atom stereocenters. The standard InChI is InChI=1S/C27H30ClNO7S/c1-7-10-34-26(31)22-16(5)23(27(32)33-6)37-25(22)29-24(30)20-9-8-17(36-20)13-35-21-11-15(4)19(28)12-18(21)14(2)3/h8-9,11-12,14H,7,10,13H2,1-6H3,(H,29,30). The van der Waals surface area contributed by atoms with Gasteiger partial charge in [-0.2, -0.15) is 0 Å². The first kappa shape index (κ1) is 28.3. The van der Waals surface area contributed by atoms with Gasteiger partial charge in [-0.1, -0.05) is 32.4 Å². The zero-order chi connectivity index (χ0) is 27.3. The van der Waals surface area contributed by atoms with Crippen molar-refractivity contribution in [3.8, 4) is 5.75 Å². The van der Waals surface area contributed by atoms with Gasteiger partial charge in [-0.15, -0.1) is 11.3 Å². The summed E-state index contributed by atoms with van der Waals surface area (Å²) in [7, 11) is 1.25. The van der Waals surface area contributed by atoms with Crippen LogP contribution in [0.2, 0.25) is 5.02 Å². The first-order valence-electron chi connectivity index (χ1n) is 11.8. The molecular formula is C27H30ClNO7S. The number of hydrogen-bond acceptors (Lipinski definition) is 8. The van der Waals surface area contributed by atoms with Crippen LogP contribution < -0.4 is 10.1 Å². The minimum absolute atomic E-state index is 0.0218. The summed E-state index contributed by atoms with van der Waals surface area (Å²) in [6.45, 7) is 9.79. The van der Waals surface area contributed by atoms with Crippen LogP contribution in [0, 0.1) is 13.8 Å². The number of benzene rings is 1. The van der Waals surface area contributed by atoms with Gasteiger partial charge in [0.15, 0.2) is 5.76 Å². The summed E-state index contributed by atoms with van der Waals surface area (Å²) in [6.07, 6.45) is 0.631. The Balaban J connectivity index is 1.79. The Hall–Kier alpha value is -3.30. The molecule has 2 aromatic heterocycles. The van der Waals surface area contributed by atoms with Crippen molar-refractivity contribution in [2.75, 3.05) is 19.0 Å². The van der Waals surface area contributed by atoms with Crippen LogP contribution in [0.4, 0.5) is 5.00 Å². The van der Waals surface area contributed by atoms with E-state index in [1.54, 1.807) is 13.0 Å². The molecule has 0 fully saturated rings. The Morgan fingerprint density at radius 3 is 2.51 bits per heavy atom. The lowest BCUT2D eigenvalue weighted by atomic mass is 10.0. The maximum absolute atomic E-state index is 13.0. The monoisotopic (exact) mass is 547 g/mol. The highest BCUT2D eigenvalue weighted by Crippen LogP contribution is 2.35. The van der Waals surface area contributed by atoms with Gasteiger partial charge in [0.1, 0.15) is 28.0 Å². The van der Waals surface area contributed by atoms with Crippen LogP contribution in [-0.2, 0) is 16.1 Å². The summed E-state index contributed by atoms with van der Waals surface area (Å²) in [5.41, 5.74) is 2.35. The number of nitrogens with one attached hydrogen (secondary N) is 1. The van der Waals surface area contributed by atoms with Crippen LogP contribution in [0.3, 0.4) is 0 Å². The number of hydrogen-bond donors (Lipinski definition) is 1. The van der Waals surface area contributed by atoms with Gasteiger partial charge < -0.3 is 23.9 Å². The van der Waals surface area contributed by atoms with Gasteiger partial charge in [-0.3, -0.25) is 4.79 Å². The van der Waals surface area contributed by atoms with E-state index in [-0.39, 0.29) is 40.3 Å². The molecule has 3 aromatic rings. The lowest BCUT2D eigenvalue weighted by Crippen LogP contribution is -2.14. The zero-order valence-corrected chi connectivity index (χ0v) is 23.2. The molecule has 10 heteroatoms. The van der Waals surface area contributed by atoms with Crippen molar-refractivity contribution >= 4 is 45.8 Å². The van der Waals surface area contributed by atoms with E-state index < -0.39 is 17.8 Å². The number of esters is 2. The molecule has 0 unspecified atom stereocenters. The summed E-state index contributed by atoms with van der Waals surface area (Å²) >= 11 is 7.21. The lowest BCUT2D eigenvalue weighted by Gasteiger charge is -2.15. The van der Waals surface area contributed by atoms with Crippen LogP contribution in [0.25, 0.3) is 0 Å². The molecule has 8 nitrogen and oxygen atoms in total. The van der Waals surface area contributed by atoms with Gasteiger partial charge >= 0.3 is 11.9 Å². The van der Waals surface area contributed by atoms with Crippen molar-refractivity contribution in [2.45, 2.75) is 53.6 Å². The van der Waals surface area contributed by atoms with Crippen molar-refractivity contribution in [2.24, 2.45) is 0 Å². The molecule has 0 aliphatic carbocycles. The normalized spacial score (nSPS) is 10.9. The van der Waals surface area contributed by atoms with Gasteiger partial charge in [0.05, 0.1) is 19.3 Å². The molecule has 2 heterocycles. The molecule has 1 N–H and O–H groups in total. The number of thiophene rings is 1. The zero-order valence-electron chi connectivity index (χ0n) is 21.7. The number of furan rings is 1. The molecule has 0 radical (unpaired) electrons. The summed E-state index contributed by atoms with van der Waals surface area (Å²) in [4.78, 5) is 38.0. The lowest BCUT2D eigenvalue weighted by molar-refractivity contribution is 0.0506. The van der Waals surface area contributed by atoms with Crippen molar-refractivity contribution in [3.05, 3.63) is 67.9 Å². The predicted octanol–water partition coefficient (Wildman–Crippen LogP) is 6.92. The quantitative estimate of drug-likeness (QED) is 0.275. The second kappa shape index (κ2) is 12.3. The predicted molar refractivity (Wildman–Crippen MR) is 142 cm³/mol. The Kier molecular flexibility index (Phi) is 9.39. The van der Waals surface area contributed by atoms with Crippen LogP contribution in [0.5, 0.6) is 5.75 Å². The summed E-state index contributed by atoms with van der Waals surface area (Å²) in [6, 6.07) is 6.93. The Labute approximate surface area is 224 Å². The van der Waals surface area contributed by atoms with Crippen LogP contribution in [0.1, 0.15) is 86.1 Å². The Morgan fingerprint density at radius 2 is 1.86 bits per heavy atom. The molecule has 0 aliphatic rings. The van der Waals surface area contributed by atoms with Gasteiger partial charge in [0.2, 0.25) is 0 Å². The maximum Gasteiger partial charge on any atom is 0.348 e. The average Bonchev–Trinajstić information content (AvgIpc) is 3.47. The highest BCUT2D eigenvalue weighted by Gasteiger charge is 2.28. The SMILES string of the molecule is CCCOC(=O)c1c(NC(=O)c2ccc(COc3cc(C)c(Cl)cc3C(C)C)o2)sc(C(=O)OC)c1C. The molecule has 1 aromatic carbocycles. The fourth-order valence-corrected chi connectivity index (χ4v) is 4.82. The average molecular weight is 548 g/mol. The minimum atomic E-state index is -0.631. The van der Waals surface area contributed by atoms with E-state index in [0.29, 0.717) is 28.5 Å². The maximum atomic E-state index is 13.0. The van der Waals surface area contributed by atoms with E-state index in [9.17, 15) is 14.4 Å². The summed E-state index contributed by atoms with van der Waals surface area (Å²) in [5, 5.41) is 3.52. The van der Waals surface area contributed by atoms with Crippen LogP contribution >= 0.6 is 22.9 Å². The van der Waals surface area contributed by atoms with E-state index in [2.05, 4.69) is 5.32 Å². The van der Waals surface area contributed by atoms with Crippen LogP contribution in [0.15, 0.2) is 28.7 Å². The molecule has 3 rings (SSSR count). The van der Waals surface area contributed by atoms with E-state index in [1.807, 2.05) is 39.8 Å². The number of carbonyl (C=O) groups is 3. The highest BCUT2D eigenvalue weighted by atomic mass is 35.5. The number of rotatable bonds is 10. The van der Waals surface area contributed by atoms with E-state index in [4.69, 9.17) is 30.2 Å². The highest BCUT2D eigenvalue weighted by molar-refractivity contribution is 7.18. The first-order chi connectivity index (χ1) is 17.6. The molecule has 0 aliphatic heterocycles. The number of halogens is 1. The number of ether oxygens (including phenoxy) is 3. The van der Waals surface area contributed by atoms with Crippen molar-refractivity contribution in [3.63, 3.8) is 0 Å². The molecule has 0 saturated heterocycles. The fraction of sp³-hybridized carbons (Fsp3) is 0.370. The number of aryl methyl sites for hydroxylation is 1. The molecule has 37 heavy (non-hydrogen) atoms. The van der Waals surface area contributed by atoms with Crippen molar-refractivity contribution < 1.29 is 33.0 Å². The fourth-order valence-electron chi connectivity index (χ4n) is 3.54. The smallest absolute Gasteiger partial charge is 0.348 e. The third-order valence-corrected chi connectivity index (χ3v) is 7.15. The first-order valence-corrected chi connectivity index (χ1v) is 13.0. The third-order valence-electron chi connectivity index (χ3n) is 5.55. The van der Waals surface area contributed by atoms with E-state index in [0.717, 1.165) is 22.5 Å². The molecule has 0 spiro atoms. The number of carbonyl (C=O) groups excluding carboxylic acids is 3. The van der Waals surface area contributed by atoms with E-state index in [1.165, 1.54) is 13.2 Å². The van der Waals surface area contributed by atoms with Crippen molar-refractivity contribution in [1.82, 2.24) is 0 Å². The summed E-state index contributed by atoms with van der Waals surface area (Å²) in [5.74, 6) is -0.468. The molecule has 198 valence electrons. The molecular weight excluding hydrogens is 518 g/mol. The molecule has 1 amide bonds. The van der Waals surface area contributed by atoms with Gasteiger partial charge in [-0.05, 0) is 67.1 Å². The number of methoxy groups -OCH3 is 1. The third kappa shape index (κ3) is 6.53. The van der Waals surface area contributed by atoms with Crippen molar-refractivity contribution in [1.29, 1.82) is 0 Å². The minimum Gasteiger partial charge on any atom is -0.485 e. The topological polar surface area (TPSA) is 104 Å².